The Morgan fingerprint density at radius 2 is 1.67 bits per heavy atom. The number of hydrogen-bond acceptors (Lipinski definition) is 3. The van der Waals surface area contributed by atoms with E-state index in [2.05, 4.69) is 4.99 Å². The number of rotatable bonds is 4. The third-order valence-corrected chi connectivity index (χ3v) is 5.77. The summed E-state index contributed by atoms with van der Waals surface area (Å²) in [4.78, 5) is 6.37. The van der Waals surface area contributed by atoms with Gasteiger partial charge >= 0.3 is 0 Å². The Balaban J connectivity index is 1.79. The van der Waals surface area contributed by atoms with Crippen molar-refractivity contribution in [2.75, 3.05) is 12.0 Å². The molecule has 3 aromatic rings. The molecular formula is C23H18Cl2N2O2S. The van der Waals surface area contributed by atoms with Gasteiger partial charge in [0.25, 0.3) is 0 Å². The number of halogens is 2. The zero-order valence-electron chi connectivity index (χ0n) is 16.3. The maximum absolute atomic E-state index is 6.35. The summed E-state index contributed by atoms with van der Waals surface area (Å²) in [5, 5.41) is 1.27. The first kappa shape index (κ1) is 20.7. The summed E-state index contributed by atoms with van der Waals surface area (Å²) in [6.45, 7) is 2.03. The van der Waals surface area contributed by atoms with E-state index in [1.54, 1.807) is 19.2 Å². The first-order chi connectivity index (χ1) is 14.5. The maximum atomic E-state index is 6.35. The van der Waals surface area contributed by atoms with E-state index in [4.69, 9.17) is 44.9 Å². The Morgan fingerprint density at radius 3 is 2.30 bits per heavy atom. The lowest BCUT2D eigenvalue weighted by Crippen LogP contribution is -2.40. The van der Waals surface area contributed by atoms with Gasteiger partial charge in [0, 0.05) is 16.8 Å². The van der Waals surface area contributed by atoms with Crippen molar-refractivity contribution in [3.8, 4) is 5.75 Å². The topological polar surface area (TPSA) is 34.1 Å². The highest BCUT2D eigenvalue weighted by molar-refractivity contribution is 7.80. The summed E-state index contributed by atoms with van der Waals surface area (Å²) in [6.07, 6.45) is -0.533. The number of nitrogens with zero attached hydrogens (tertiary/aromatic N) is 2. The van der Waals surface area contributed by atoms with Gasteiger partial charge in [0.2, 0.25) is 17.2 Å². The summed E-state index contributed by atoms with van der Waals surface area (Å²) < 4.78 is 11.6. The van der Waals surface area contributed by atoms with Crippen LogP contribution in [0.15, 0.2) is 71.7 Å². The molecular weight excluding hydrogens is 439 g/mol. The van der Waals surface area contributed by atoms with Crippen LogP contribution < -0.4 is 9.64 Å². The number of hydrogen-bond donors (Lipinski definition) is 0. The molecule has 30 heavy (non-hydrogen) atoms. The van der Waals surface area contributed by atoms with Gasteiger partial charge in [0.15, 0.2) is 0 Å². The fourth-order valence-corrected chi connectivity index (χ4v) is 3.70. The Morgan fingerprint density at radius 1 is 0.967 bits per heavy atom. The van der Waals surface area contributed by atoms with Crippen LogP contribution in [0.4, 0.5) is 5.69 Å². The molecule has 0 radical (unpaired) electrons. The first-order valence-corrected chi connectivity index (χ1v) is 10.4. The number of aliphatic imine (C=N–C) groups is 1. The average Bonchev–Trinajstić information content (AvgIpc) is 2.76. The monoisotopic (exact) mass is 456 g/mol. The van der Waals surface area contributed by atoms with Crippen LogP contribution in [-0.2, 0) is 4.74 Å². The van der Waals surface area contributed by atoms with Gasteiger partial charge in [-0.25, -0.2) is 0 Å². The molecule has 0 N–H and O–H groups in total. The maximum Gasteiger partial charge on any atom is 0.225 e. The highest BCUT2D eigenvalue weighted by Gasteiger charge is 2.32. The van der Waals surface area contributed by atoms with Crippen LogP contribution in [0.3, 0.4) is 0 Å². The number of thiocarbonyl (C=S) groups is 1. The number of benzene rings is 3. The van der Waals surface area contributed by atoms with E-state index in [9.17, 15) is 0 Å². The van der Waals surface area contributed by atoms with E-state index in [1.165, 1.54) is 0 Å². The van der Waals surface area contributed by atoms with Crippen LogP contribution in [0, 0.1) is 6.92 Å². The highest BCUT2D eigenvalue weighted by Crippen LogP contribution is 2.36. The smallest absolute Gasteiger partial charge is 0.225 e. The molecule has 7 heteroatoms. The predicted octanol–water partition coefficient (Wildman–Crippen LogP) is 6.58. The van der Waals surface area contributed by atoms with Crippen molar-refractivity contribution in [1.82, 2.24) is 0 Å². The minimum Gasteiger partial charge on any atom is -0.497 e. The molecule has 1 unspecified atom stereocenters. The van der Waals surface area contributed by atoms with Crippen LogP contribution in [0.1, 0.15) is 22.9 Å². The standard InChI is InChI=1S/C23H18Cl2N2O2S/c1-14-3-5-15(6-4-14)21-26-23(30)27(17-9-12-19(24)20(25)13-17)22(29-21)16-7-10-18(28-2)11-8-16/h3-13,22H,1-2H3. The Hall–Kier alpha value is -2.60. The zero-order valence-corrected chi connectivity index (χ0v) is 18.6. The predicted molar refractivity (Wildman–Crippen MR) is 126 cm³/mol. The summed E-state index contributed by atoms with van der Waals surface area (Å²) in [6, 6.07) is 20.9. The Kier molecular flexibility index (Phi) is 5.95. The van der Waals surface area contributed by atoms with Crippen molar-refractivity contribution < 1.29 is 9.47 Å². The van der Waals surface area contributed by atoms with E-state index in [0.29, 0.717) is 21.1 Å². The number of anilines is 1. The van der Waals surface area contributed by atoms with Crippen LogP contribution in [0.25, 0.3) is 0 Å². The molecule has 0 amide bonds. The van der Waals surface area contributed by atoms with Crippen molar-refractivity contribution in [2.45, 2.75) is 13.2 Å². The summed E-state index contributed by atoms with van der Waals surface area (Å²) >= 11 is 18.0. The molecule has 0 fully saturated rings. The van der Waals surface area contributed by atoms with Crippen molar-refractivity contribution in [3.63, 3.8) is 0 Å². The van der Waals surface area contributed by atoms with E-state index < -0.39 is 6.23 Å². The van der Waals surface area contributed by atoms with E-state index >= 15 is 0 Å². The molecule has 1 atom stereocenters. The molecule has 0 bridgehead atoms. The number of methoxy groups -OCH3 is 1. The van der Waals surface area contributed by atoms with Crippen molar-refractivity contribution >= 4 is 52.1 Å². The third kappa shape index (κ3) is 4.15. The lowest BCUT2D eigenvalue weighted by atomic mass is 10.1. The summed E-state index contributed by atoms with van der Waals surface area (Å²) in [5.41, 5.74) is 3.64. The SMILES string of the molecule is COc1ccc(C2OC(c3ccc(C)cc3)=NC(=S)N2c2ccc(Cl)c(Cl)c2)cc1. The fraction of sp³-hybridized carbons (Fsp3) is 0.130. The largest absolute Gasteiger partial charge is 0.497 e. The molecule has 0 saturated heterocycles. The quantitative estimate of drug-likeness (QED) is 0.415. The second kappa shape index (κ2) is 8.64. The van der Waals surface area contributed by atoms with Gasteiger partial charge < -0.3 is 9.47 Å². The van der Waals surface area contributed by atoms with Crippen LogP contribution >= 0.6 is 35.4 Å². The Labute approximate surface area is 190 Å². The fourth-order valence-electron chi connectivity index (χ4n) is 3.12. The number of ether oxygens (including phenoxy) is 2. The third-order valence-electron chi connectivity index (χ3n) is 4.74. The molecule has 4 rings (SSSR count). The Bertz CT molecular complexity index is 1120. The minimum absolute atomic E-state index is 0.371. The van der Waals surface area contributed by atoms with Gasteiger partial charge in [0.1, 0.15) is 5.75 Å². The van der Waals surface area contributed by atoms with E-state index in [0.717, 1.165) is 28.1 Å². The molecule has 3 aromatic carbocycles. The van der Waals surface area contributed by atoms with Crippen LogP contribution in [0.2, 0.25) is 10.0 Å². The first-order valence-electron chi connectivity index (χ1n) is 9.21. The lowest BCUT2D eigenvalue weighted by molar-refractivity contribution is 0.196. The van der Waals surface area contributed by atoms with E-state index in [-0.39, 0.29) is 0 Å². The molecule has 1 heterocycles. The zero-order chi connectivity index (χ0) is 21.3. The van der Waals surface area contributed by atoms with Crippen LogP contribution in [0.5, 0.6) is 5.75 Å². The van der Waals surface area contributed by atoms with Gasteiger partial charge in [0.05, 0.1) is 17.2 Å². The molecule has 152 valence electrons. The summed E-state index contributed by atoms with van der Waals surface area (Å²) in [7, 11) is 1.63. The molecule has 4 nitrogen and oxygen atoms in total. The second-order valence-corrected chi connectivity index (χ2v) is 7.96. The number of aryl methyl sites for hydroxylation is 1. The van der Waals surface area contributed by atoms with Gasteiger partial charge in [-0.05, 0) is 73.7 Å². The second-order valence-electron chi connectivity index (χ2n) is 6.78. The molecule has 1 aliphatic heterocycles. The molecule has 1 aliphatic rings. The molecule has 0 aromatic heterocycles. The molecule has 0 aliphatic carbocycles. The molecule has 0 saturated carbocycles. The van der Waals surface area contributed by atoms with Crippen molar-refractivity contribution in [3.05, 3.63) is 93.5 Å². The highest BCUT2D eigenvalue weighted by atomic mass is 35.5. The van der Waals surface area contributed by atoms with Crippen LogP contribution in [-0.4, -0.2) is 18.1 Å². The van der Waals surface area contributed by atoms with Gasteiger partial charge in [-0.2, -0.15) is 4.99 Å². The van der Waals surface area contributed by atoms with Gasteiger partial charge in [-0.15, -0.1) is 0 Å². The van der Waals surface area contributed by atoms with Crippen molar-refractivity contribution in [1.29, 1.82) is 0 Å². The average molecular weight is 457 g/mol. The van der Waals surface area contributed by atoms with E-state index in [1.807, 2.05) is 66.4 Å². The van der Waals surface area contributed by atoms with Crippen molar-refractivity contribution in [2.24, 2.45) is 4.99 Å². The summed E-state index contributed by atoms with van der Waals surface area (Å²) in [5.74, 6) is 1.22. The normalized spacial score (nSPS) is 16.1. The van der Waals surface area contributed by atoms with Gasteiger partial charge in [-0.3, -0.25) is 4.90 Å². The molecule has 0 spiro atoms. The minimum atomic E-state index is -0.533. The lowest BCUT2D eigenvalue weighted by Gasteiger charge is -2.36. The van der Waals surface area contributed by atoms with Gasteiger partial charge in [-0.1, -0.05) is 40.9 Å².